The molecule has 0 spiro atoms. The molecule has 0 aliphatic heterocycles. The second-order valence-electron chi connectivity index (χ2n) is 5.16. The van der Waals surface area contributed by atoms with Crippen LogP contribution in [0.2, 0.25) is 0 Å². The molecule has 1 unspecified atom stereocenters. The van der Waals surface area contributed by atoms with Crippen LogP contribution in [0, 0.1) is 0 Å². The Morgan fingerprint density at radius 1 is 1.10 bits per heavy atom. The number of rotatable bonds is 9. The normalized spacial score (nSPS) is 13.5. The SMILES string of the molecule is CCCCC(CCC)c1cccc(OC(F)(F)C(F)F)c1. The van der Waals surface area contributed by atoms with Crippen LogP contribution in [-0.2, 0) is 0 Å². The maximum Gasteiger partial charge on any atom is 0.461 e. The third kappa shape index (κ3) is 5.56. The summed E-state index contributed by atoms with van der Waals surface area (Å²) >= 11 is 0. The molecular weight excluding hydrogens is 284 g/mol. The molecule has 0 saturated carbocycles. The number of alkyl halides is 4. The molecule has 1 aromatic carbocycles. The highest BCUT2D eigenvalue weighted by Crippen LogP contribution is 2.32. The topological polar surface area (TPSA) is 9.23 Å². The van der Waals surface area contributed by atoms with Gasteiger partial charge in [0, 0.05) is 0 Å². The molecular formula is C16H22F4O. The zero-order chi connectivity index (χ0) is 15.9. The molecule has 0 saturated heterocycles. The van der Waals surface area contributed by atoms with E-state index >= 15 is 0 Å². The number of halogens is 4. The van der Waals surface area contributed by atoms with Gasteiger partial charge in [0.2, 0.25) is 0 Å². The molecule has 1 nitrogen and oxygen atoms in total. The maximum atomic E-state index is 12.9. The molecule has 120 valence electrons. The van der Waals surface area contributed by atoms with Gasteiger partial charge in [0.1, 0.15) is 5.75 Å². The van der Waals surface area contributed by atoms with Crippen molar-refractivity contribution in [3.05, 3.63) is 29.8 Å². The first kappa shape index (κ1) is 17.8. The highest BCUT2D eigenvalue weighted by molar-refractivity contribution is 5.31. The monoisotopic (exact) mass is 306 g/mol. The number of unbranched alkanes of at least 4 members (excludes halogenated alkanes) is 1. The Balaban J connectivity index is 2.87. The quantitative estimate of drug-likeness (QED) is 0.509. The van der Waals surface area contributed by atoms with E-state index in [2.05, 4.69) is 18.6 Å². The lowest BCUT2D eigenvalue weighted by Gasteiger charge is -2.20. The van der Waals surface area contributed by atoms with Crippen LogP contribution < -0.4 is 4.74 Å². The van der Waals surface area contributed by atoms with Crippen LogP contribution in [0.5, 0.6) is 5.75 Å². The van der Waals surface area contributed by atoms with Crippen molar-refractivity contribution in [2.75, 3.05) is 0 Å². The van der Waals surface area contributed by atoms with Gasteiger partial charge in [-0.3, -0.25) is 0 Å². The van der Waals surface area contributed by atoms with Gasteiger partial charge < -0.3 is 4.74 Å². The minimum atomic E-state index is -4.46. The standard InChI is InChI=1S/C16H22F4O/c1-3-5-8-12(7-4-2)13-9-6-10-14(11-13)21-16(19,20)15(17)18/h6,9-12,15H,3-5,7-8H2,1-2H3. The molecule has 0 aromatic heterocycles. The van der Waals surface area contributed by atoms with Gasteiger partial charge in [0.25, 0.3) is 0 Å². The first-order valence-corrected chi connectivity index (χ1v) is 7.35. The fourth-order valence-corrected chi connectivity index (χ4v) is 2.31. The lowest BCUT2D eigenvalue weighted by Crippen LogP contribution is -2.33. The molecule has 0 aliphatic carbocycles. The van der Waals surface area contributed by atoms with Crippen molar-refractivity contribution in [2.24, 2.45) is 0 Å². The average Bonchev–Trinajstić information content (AvgIpc) is 2.43. The van der Waals surface area contributed by atoms with E-state index in [0.29, 0.717) is 0 Å². The van der Waals surface area contributed by atoms with E-state index in [-0.39, 0.29) is 11.7 Å². The van der Waals surface area contributed by atoms with E-state index in [1.165, 1.54) is 12.1 Å². The highest BCUT2D eigenvalue weighted by Gasteiger charge is 2.44. The van der Waals surface area contributed by atoms with Gasteiger partial charge in [0.05, 0.1) is 0 Å². The Hall–Kier alpha value is -1.26. The molecule has 0 radical (unpaired) electrons. The van der Waals surface area contributed by atoms with Crippen LogP contribution in [0.4, 0.5) is 17.6 Å². The van der Waals surface area contributed by atoms with E-state index < -0.39 is 12.5 Å². The van der Waals surface area contributed by atoms with Gasteiger partial charge in [0.15, 0.2) is 0 Å². The van der Waals surface area contributed by atoms with E-state index in [1.807, 2.05) is 6.07 Å². The average molecular weight is 306 g/mol. The van der Waals surface area contributed by atoms with Crippen molar-refractivity contribution in [1.29, 1.82) is 0 Å². The van der Waals surface area contributed by atoms with Gasteiger partial charge in [-0.15, -0.1) is 0 Å². The molecule has 0 N–H and O–H groups in total. The Bertz CT molecular complexity index is 420. The van der Waals surface area contributed by atoms with Crippen LogP contribution >= 0.6 is 0 Å². The van der Waals surface area contributed by atoms with Crippen LogP contribution in [-0.4, -0.2) is 12.5 Å². The van der Waals surface area contributed by atoms with Gasteiger partial charge in [-0.1, -0.05) is 45.2 Å². The number of hydrogen-bond donors (Lipinski definition) is 0. The summed E-state index contributed by atoms with van der Waals surface area (Å²) < 4.78 is 54.4. The first-order valence-electron chi connectivity index (χ1n) is 7.35. The largest absolute Gasteiger partial charge is 0.461 e. The second-order valence-corrected chi connectivity index (χ2v) is 5.16. The van der Waals surface area contributed by atoms with Crippen LogP contribution in [0.25, 0.3) is 0 Å². The third-order valence-electron chi connectivity index (χ3n) is 3.38. The van der Waals surface area contributed by atoms with Gasteiger partial charge in [-0.25, -0.2) is 0 Å². The van der Waals surface area contributed by atoms with E-state index in [9.17, 15) is 17.6 Å². The Kier molecular flexibility index (Phi) is 6.99. The summed E-state index contributed by atoms with van der Waals surface area (Å²) in [5.74, 6) is 0.0362. The summed E-state index contributed by atoms with van der Waals surface area (Å²) in [6.45, 7) is 4.15. The molecule has 0 fully saturated rings. The molecule has 21 heavy (non-hydrogen) atoms. The maximum absolute atomic E-state index is 12.9. The fraction of sp³-hybridized carbons (Fsp3) is 0.625. The summed E-state index contributed by atoms with van der Waals surface area (Å²) in [5, 5.41) is 0. The number of hydrogen-bond acceptors (Lipinski definition) is 1. The lowest BCUT2D eigenvalue weighted by atomic mass is 9.89. The smallest absolute Gasteiger partial charge is 0.428 e. The predicted octanol–water partition coefficient (Wildman–Crippen LogP) is 6.00. The minimum Gasteiger partial charge on any atom is -0.428 e. The molecule has 0 heterocycles. The molecule has 0 aliphatic rings. The predicted molar refractivity (Wildman–Crippen MR) is 75.2 cm³/mol. The van der Waals surface area contributed by atoms with Crippen molar-refractivity contribution >= 4 is 0 Å². The van der Waals surface area contributed by atoms with Gasteiger partial charge in [-0.2, -0.15) is 17.6 Å². The third-order valence-corrected chi connectivity index (χ3v) is 3.38. The Morgan fingerprint density at radius 3 is 2.38 bits per heavy atom. The van der Waals surface area contributed by atoms with Crippen molar-refractivity contribution < 1.29 is 22.3 Å². The second kappa shape index (κ2) is 8.25. The summed E-state index contributed by atoms with van der Waals surface area (Å²) in [6.07, 6.45) is -3.32. The van der Waals surface area contributed by atoms with Crippen molar-refractivity contribution in [3.63, 3.8) is 0 Å². The fourth-order valence-electron chi connectivity index (χ4n) is 2.31. The van der Waals surface area contributed by atoms with E-state index in [0.717, 1.165) is 37.7 Å². The molecule has 0 amide bonds. The molecule has 1 aromatic rings. The summed E-state index contributed by atoms with van der Waals surface area (Å²) in [6, 6.07) is 6.14. The Labute approximate surface area is 123 Å². The summed E-state index contributed by atoms with van der Waals surface area (Å²) in [4.78, 5) is 0. The molecule has 0 bridgehead atoms. The zero-order valence-electron chi connectivity index (χ0n) is 12.4. The van der Waals surface area contributed by atoms with Crippen molar-refractivity contribution in [2.45, 2.75) is 64.4 Å². The van der Waals surface area contributed by atoms with E-state index in [1.54, 1.807) is 6.07 Å². The van der Waals surface area contributed by atoms with E-state index in [4.69, 9.17) is 0 Å². The lowest BCUT2D eigenvalue weighted by molar-refractivity contribution is -0.253. The van der Waals surface area contributed by atoms with Crippen LogP contribution in [0.15, 0.2) is 24.3 Å². The zero-order valence-corrected chi connectivity index (χ0v) is 12.4. The van der Waals surface area contributed by atoms with Crippen molar-refractivity contribution in [3.8, 4) is 5.75 Å². The van der Waals surface area contributed by atoms with Gasteiger partial charge >= 0.3 is 12.5 Å². The molecule has 1 rings (SSSR count). The Morgan fingerprint density at radius 2 is 1.81 bits per heavy atom. The van der Waals surface area contributed by atoms with Crippen molar-refractivity contribution in [1.82, 2.24) is 0 Å². The number of benzene rings is 1. The van der Waals surface area contributed by atoms with Crippen LogP contribution in [0.1, 0.15) is 57.4 Å². The van der Waals surface area contributed by atoms with Crippen LogP contribution in [0.3, 0.4) is 0 Å². The molecule has 1 atom stereocenters. The van der Waals surface area contributed by atoms with Gasteiger partial charge in [-0.05, 0) is 36.5 Å². The minimum absolute atomic E-state index is 0.213. The molecule has 5 heteroatoms. The summed E-state index contributed by atoms with van der Waals surface area (Å²) in [5.41, 5.74) is 0.868. The highest BCUT2D eigenvalue weighted by atomic mass is 19.3. The first-order chi connectivity index (χ1) is 9.90. The number of ether oxygens (including phenoxy) is 1. The summed E-state index contributed by atoms with van der Waals surface area (Å²) in [7, 11) is 0.